The first kappa shape index (κ1) is 12.5. The second-order valence-corrected chi connectivity index (χ2v) is 4.07. The number of methoxy groups -OCH3 is 1. The van der Waals surface area contributed by atoms with E-state index in [9.17, 15) is 4.79 Å². The summed E-state index contributed by atoms with van der Waals surface area (Å²) in [5, 5.41) is 9.16. The first-order chi connectivity index (χ1) is 7.51. The summed E-state index contributed by atoms with van der Waals surface area (Å²) in [7, 11) is 1.54. The van der Waals surface area contributed by atoms with Gasteiger partial charge in [0.05, 0.1) is 12.5 Å². The zero-order chi connectivity index (χ0) is 12.2. The van der Waals surface area contributed by atoms with Gasteiger partial charge in [-0.25, -0.2) is 4.98 Å². The molecule has 1 rings (SSSR count). The van der Waals surface area contributed by atoms with E-state index in [4.69, 9.17) is 9.84 Å². The molecule has 1 heterocycles. The average Bonchev–Trinajstić information content (AvgIpc) is 2.29. The van der Waals surface area contributed by atoms with Crippen LogP contribution in [-0.2, 0) is 11.2 Å². The molecule has 4 nitrogen and oxygen atoms in total. The zero-order valence-electron chi connectivity index (χ0n) is 9.86. The first-order valence-corrected chi connectivity index (χ1v) is 5.25. The molecule has 0 aliphatic rings. The Morgan fingerprint density at radius 2 is 2.25 bits per heavy atom. The van der Waals surface area contributed by atoms with Crippen molar-refractivity contribution < 1.29 is 14.6 Å². The van der Waals surface area contributed by atoms with Crippen molar-refractivity contribution >= 4 is 5.97 Å². The van der Waals surface area contributed by atoms with E-state index in [-0.39, 0.29) is 0 Å². The maximum atomic E-state index is 11.2. The highest BCUT2D eigenvalue weighted by Gasteiger charge is 2.31. The summed E-state index contributed by atoms with van der Waals surface area (Å²) in [6.07, 6.45) is 0.983. The Balaban J connectivity index is 2.90. The molecule has 0 spiro atoms. The second kappa shape index (κ2) is 4.96. The SMILES string of the molecule is CCC(C)(Cc1cccc(OC)n1)C(=O)O. The van der Waals surface area contributed by atoms with E-state index in [0.29, 0.717) is 18.7 Å². The molecule has 0 radical (unpaired) electrons. The highest BCUT2D eigenvalue weighted by atomic mass is 16.5. The molecule has 0 aliphatic heterocycles. The molecule has 0 amide bonds. The molecule has 4 heteroatoms. The minimum absolute atomic E-state index is 0.413. The summed E-state index contributed by atoms with van der Waals surface area (Å²) in [4.78, 5) is 15.4. The van der Waals surface area contributed by atoms with Crippen molar-refractivity contribution in [3.8, 4) is 5.88 Å². The predicted molar refractivity (Wildman–Crippen MR) is 60.5 cm³/mol. The number of aliphatic carboxylic acids is 1. The van der Waals surface area contributed by atoms with Crippen LogP contribution in [0.4, 0.5) is 0 Å². The molecule has 1 aromatic heterocycles. The van der Waals surface area contributed by atoms with Crippen LogP contribution in [0.2, 0.25) is 0 Å². The summed E-state index contributed by atoms with van der Waals surface area (Å²) in [5.41, 5.74) is -0.0228. The summed E-state index contributed by atoms with van der Waals surface area (Å²) in [6.45, 7) is 3.60. The van der Waals surface area contributed by atoms with Gasteiger partial charge in [0, 0.05) is 18.2 Å². The molecule has 1 unspecified atom stereocenters. The Bertz CT molecular complexity index is 378. The molecule has 88 valence electrons. The molecule has 1 aromatic rings. The fourth-order valence-electron chi connectivity index (χ4n) is 1.42. The molecule has 1 N–H and O–H groups in total. The van der Waals surface area contributed by atoms with Crippen LogP contribution in [0.3, 0.4) is 0 Å². The Kier molecular flexibility index (Phi) is 3.88. The number of carboxylic acid groups (broad SMARTS) is 1. The maximum absolute atomic E-state index is 11.2. The van der Waals surface area contributed by atoms with Gasteiger partial charge in [0.25, 0.3) is 0 Å². The van der Waals surface area contributed by atoms with Gasteiger partial charge in [-0.2, -0.15) is 0 Å². The van der Waals surface area contributed by atoms with Gasteiger partial charge in [-0.3, -0.25) is 4.79 Å². The number of pyridine rings is 1. The highest BCUT2D eigenvalue weighted by Crippen LogP contribution is 2.26. The monoisotopic (exact) mass is 223 g/mol. The number of hydrogen-bond acceptors (Lipinski definition) is 3. The van der Waals surface area contributed by atoms with Crippen LogP contribution in [0, 0.1) is 5.41 Å². The summed E-state index contributed by atoms with van der Waals surface area (Å²) in [5.74, 6) is -0.277. The second-order valence-electron chi connectivity index (χ2n) is 4.07. The number of nitrogens with zero attached hydrogens (tertiary/aromatic N) is 1. The molecular weight excluding hydrogens is 206 g/mol. The third kappa shape index (κ3) is 2.72. The number of carboxylic acids is 1. The van der Waals surface area contributed by atoms with Crippen LogP contribution in [0.1, 0.15) is 26.0 Å². The standard InChI is InChI=1S/C12H17NO3/c1-4-12(2,11(14)15)8-9-6-5-7-10(13-9)16-3/h5-7H,4,8H2,1-3H3,(H,14,15). The van der Waals surface area contributed by atoms with Crippen molar-refractivity contribution in [1.29, 1.82) is 0 Å². The lowest BCUT2D eigenvalue weighted by Crippen LogP contribution is -2.29. The fourth-order valence-corrected chi connectivity index (χ4v) is 1.42. The van der Waals surface area contributed by atoms with Crippen molar-refractivity contribution in [3.05, 3.63) is 23.9 Å². The van der Waals surface area contributed by atoms with Gasteiger partial charge in [-0.15, -0.1) is 0 Å². The van der Waals surface area contributed by atoms with Crippen LogP contribution in [0.15, 0.2) is 18.2 Å². The normalized spacial score (nSPS) is 14.2. The van der Waals surface area contributed by atoms with E-state index in [1.807, 2.05) is 19.1 Å². The van der Waals surface area contributed by atoms with Crippen molar-refractivity contribution in [2.24, 2.45) is 5.41 Å². The van der Waals surface area contributed by atoms with Gasteiger partial charge < -0.3 is 9.84 Å². The van der Waals surface area contributed by atoms with Gasteiger partial charge in [-0.1, -0.05) is 13.0 Å². The zero-order valence-corrected chi connectivity index (χ0v) is 9.86. The minimum atomic E-state index is -0.792. The number of carbonyl (C=O) groups is 1. The van der Waals surface area contributed by atoms with Crippen LogP contribution in [0.5, 0.6) is 5.88 Å². The Morgan fingerprint density at radius 1 is 1.56 bits per heavy atom. The van der Waals surface area contributed by atoms with E-state index in [1.165, 1.54) is 0 Å². The maximum Gasteiger partial charge on any atom is 0.309 e. The van der Waals surface area contributed by atoms with Crippen molar-refractivity contribution in [2.75, 3.05) is 7.11 Å². The summed E-state index contributed by atoms with van der Waals surface area (Å²) < 4.78 is 5.00. The largest absolute Gasteiger partial charge is 0.481 e. The molecule has 0 fully saturated rings. The van der Waals surface area contributed by atoms with Crippen LogP contribution < -0.4 is 4.74 Å². The molecule has 0 saturated carbocycles. The molecule has 0 aliphatic carbocycles. The summed E-state index contributed by atoms with van der Waals surface area (Å²) in [6, 6.07) is 5.38. The highest BCUT2D eigenvalue weighted by molar-refractivity contribution is 5.74. The lowest BCUT2D eigenvalue weighted by Gasteiger charge is -2.22. The molecule has 0 bridgehead atoms. The van der Waals surface area contributed by atoms with Gasteiger partial charge >= 0.3 is 5.97 Å². The van der Waals surface area contributed by atoms with E-state index < -0.39 is 11.4 Å². The molecule has 16 heavy (non-hydrogen) atoms. The number of aromatic nitrogens is 1. The van der Waals surface area contributed by atoms with Crippen LogP contribution in [-0.4, -0.2) is 23.2 Å². The van der Waals surface area contributed by atoms with E-state index >= 15 is 0 Å². The average molecular weight is 223 g/mol. The van der Waals surface area contributed by atoms with Gasteiger partial charge in [0.2, 0.25) is 5.88 Å². The topological polar surface area (TPSA) is 59.4 Å². The van der Waals surface area contributed by atoms with Crippen molar-refractivity contribution in [3.63, 3.8) is 0 Å². The number of rotatable bonds is 5. The van der Waals surface area contributed by atoms with Crippen molar-refractivity contribution in [2.45, 2.75) is 26.7 Å². The fraction of sp³-hybridized carbons (Fsp3) is 0.500. The molecular formula is C12H17NO3. The van der Waals surface area contributed by atoms with Crippen molar-refractivity contribution in [1.82, 2.24) is 4.98 Å². The van der Waals surface area contributed by atoms with Crippen LogP contribution in [0.25, 0.3) is 0 Å². The van der Waals surface area contributed by atoms with Gasteiger partial charge in [-0.05, 0) is 19.4 Å². The quantitative estimate of drug-likeness (QED) is 0.830. The lowest BCUT2D eigenvalue weighted by atomic mass is 9.83. The predicted octanol–water partition coefficient (Wildman–Crippen LogP) is 2.13. The molecule has 0 saturated heterocycles. The Hall–Kier alpha value is -1.58. The van der Waals surface area contributed by atoms with E-state index in [1.54, 1.807) is 20.1 Å². The van der Waals surface area contributed by atoms with Gasteiger partial charge in [0.15, 0.2) is 0 Å². The molecule has 1 atom stereocenters. The number of ether oxygens (including phenoxy) is 1. The minimum Gasteiger partial charge on any atom is -0.481 e. The number of hydrogen-bond donors (Lipinski definition) is 1. The third-order valence-electron chi connectivity index (χ3n) is 2.86. The smallest absolute Gasteiger partial charge is 0.309 e. The summed E-state index contributed by atoms with van der Waals surface area (Å²) >= 11 is 0. The van der Waals surface area contributed by atoms with E-state index in [2.05, 4.69) is 4.98 Å². The lowest BCUT2D eigenvalue weighted by molar-refractivity contribution is -0.148. The Labute approximate surface area is 95.3 Å². The first-order valence-electron chi connectivity index (χ1n) is 5.25. The van der Waals surface area contributed by atoms with E-state index in [0.717, 1.165) is 5.69 Å². The van der Waals surface area contributed by atoms with Gasteiger partial charge in [0.1, 0.15) is 0 Å². The van der Waals surface area contributed by atoms with Crippen LogP contribution >= 0.6 is 0 Å². The molecule has 0 aromatic carbocycles. The third-order valence-corrected chi connectivity index (χ3v) is 2.86. The Morgan fingerprint density at radius 3 is 2.75 bits per heavy atom.